The normalized spacial score (nSPS) is 13.5. The molecule has 1 aliphatic rings. The topological polar surface area (TPSA) is 67.2 Å². The molecule has 2 aromatic rings. The van der Waals surface area contributed by atoms with E-state index >= 15 is 0 Å². The van der Waals surface area contributed by atoms with E-state index in [0.29, 0.717) is 26.1 Å². The molecule has 0 spiro atoms. The molecule has 132 valence electrons. The number of amides is 2. The van der Waals surface area contributed by atoms with Crippen molar-refractivity contribution in [2.75, 3.05) is 6.54 Å². The van der Waals surface area contributed by atoms with Gasteiger partial charge in [0.05, 0.1) is 5.69 Å². The van der Waals surface area contributed by atoms with Gasteiger partial charge in [-0.3, -0.25) is 4.79 Å². The molecule has 2 amide bonds. The third-order valence-corrected chi connectivity index (χ3v) is 4.78. The molecule has 0 unspecified atom stereocenters. The van der Waals surface area contributed by atoms with Crippen LogP contribution in [-0.4, -0.2) is 27.3 Å². The summed E-state index contributed by atoms with van der Waals surface area (Å²) in [6.07, 6.45) is 0.666. The molecular formula is C19H24N4O2. The molecular weight excluding hydrogens is 316 g/mol. The number of aromatic nitrogens is 2. The first kappa shape index (κ1) is 17.2. The van der Waals surface area contributed by atoms with Gasteiger partial charge in [0.25, 0.3) is 5.56 Å². The van der Waals surface area contributed by atoms with E-state index in [2.05, 4.69) is 43.3 Å². The molecule has 3 rings (SSSR count). The molecule has 0 fully saturated rings. The number of hydrogen-bond donors (Lipinski definition) is 1. The first-order valence-corrected chi connectivity index (χ1v) is 8.51. The maximum Gasteiger partial charge on any atom is 0.317 e. The number of hydrogen-bond acceptors (Lipinski definition) is 3. The lowest BCUT2D eigenvalue weighted by Crippen LogP contribution is -2.43. The van der Waals surface area contributed by atoms with Gasteiger partial charge in [-0.2, -0.15) is 5.10 Å². The number of urea groups is 1. The lowest BCUT2D eigenvalue weighted by molar-refractivity contribution is 0.191. The minimum absolute atomic E-state index is 0.106. The minimum Gasteiger partial charge on any atom is -0.334 e. The van der Waals surface area contributed by atoms with Crippen LogP contribution in [-0.2, 0) is 26.6 Å². The predicted molar refractivity (Wildman–Crippen MR) is 96.5 cm³/mol. The number of carbonyl (C=O) groups excluding carboxylic acids is 1. The fraction of sp³-hybridized carbons (Fsp3) is 0.421. The summed E-state index contributed by atoms with van der Waals surface area (Å²) in [5.41, 5.74) is 6.36. The van der Waals surface area contributed by atoms with Crippen LogP contribution in [0, 0.1) is 20.8 Å². The van der Waals surface area contributed by atoms with Crippen LogP contribution in [0.5, 0.6) is 0 Å². The second kappa shape index (κ2) is 6.70. The van der Waals surface area contributed by atoms with Gasteiger partial charge < -0.3 is 10.2 Å². The van der Waals surface area contributed by atoms with Crippen molar-refractivity contribution in [3.05, 3.63) is 62.1 Å². The second-order valence-corrected chi connectivity index (χ2v) is 6.79. The smallest absolute Gasteiger partial charge is 0.317 e. The van der Waals surface area contributed by atoms with Crippen molar-refractivity contribution >= 4 is 6.03 Å². The van der Waals surface area contributed by atoms with Crippen molar-refractivity contribution in [3.8, 4) is 0 Å². The predicted octanol–water partition coefficient (Wildman–Crippen LogP) is 1.97. The number of nitrogens with zero attached hydrogens (tertiary/aromatic N) is 3. The van der Waals surface area contributed by atoms with Crippen molar-refractivity contribution in [2.45, 2.75) is 40.3 Å². The van der Waals surface area contributed by atoms with E-state index in [9.17, 15) is 9.59 Å². The highest BCUT2D eigenvalue weighted by atomic mass is 16.2. The maximum absolute atomic E-state index is 12.5. The molecule has 0 bridgehead atoms. The molecule has 1 aromatic carbocycles. The van der Waals surface area contributed by atoms with Gasteiger partial charge in [-0.1, -0.05) is 17.7 Å². The molecule has 6 heteroatoms. The number of fused-ring (bicyclic) bond motifs is 1. The Labute approximate surface area is 147 Å². The van der Waals surface area contributed by atoms with Gasteiger partial charge >= 0.3 is 6.03 Å². The van der Waals surface area contributed by atoms with Gasteiger partial charge in [-0.15, -0.1) is 0 Å². The number of rotatable bonds is 2. The van der Waals surface area contributed by atoms with E-state index in [-0.39, 0.29) is 11.6 Å². The summed E-state index contributed by atoms with van der Waals surface area (Å²) in [7, 11) is 1.65. The minimum atomic E-state index is -0.146. The van der Waals surface area contributed by atoms with Crippen molar-refractivity contribution in [1.29, 1.82) is 0 Å². The van der Waals surface area contributed by atoms with Crippen molar-refractivity contribution in [1.82, 2.24) is 20.0 Å². The Bertz CT molecular complexity index is 862. The first-order chi connectivity index (χ1) is 11.8. The number of aryl methyl sites for hydroxylation is 4. The molecule has 1 aliphatic heterocycles. The van der Waals surface area contributed by atoms with Crippen LogP contribution in [0.15, 0.2) is 23.0 Å². The molecule has 0 atom stereocenters. The highest BCUT2D eigenvalue weighted by Gasteiger charge is 2.22. The first-order valence-electron chi connectivity index (χ1n) is 8.51. The van der Waals surface area contributed by atoms with Crippen molar-refractivity contribution in [2.24, 2.45) is 7.05 Å². The lowest BCUT2D eigenvalue weighted by atomic mass is 10.00. The lowest BCUT2D eigenvalue weighted by Gasteiger charge is -2.28. The quantitative estimate of drug-likeness (QED) is 0.909. The highest BCUT2D eigenvalue weighted by molar-refractivity contribution is 5.74. The van der Waals surface area contributed by atoms with Gasteiger partial charge in [0.2, 0.25) is 0 Å². The molecule has 0 aliphatic carbocycles. The van der Waals surface area contributed by atoms with Crippen LogP contribution in [0.1, 0.15) is 33.5 Å². The summed E-state index contributed by atoms with van der Waals surface area (Å²) < 4.78 is 1.34. The average Bonchev–Trinajstić information content (AvgIpc) is 2.54. The molecule has 0 radical (unpaired) electrons. The monoisotopic (exact) mass is 340 g/mol. The summed E-state index contributed by atoms with van der Waals surface area (Å²) in [5, 5.41) is 7.29. The SMILES string of the molecule is Cc1cc(C)c(CNC(=O)N2CCc3nn(C)c(=O)cc3C2)c(C)c1. The van der Waals surface area contributed by atoms with Crippen LogP contribution in [0.2, 0.25) is 0 Å². The van der Waals surface area contributed by atoms with Crippen LogP contribution >= 0.6 is 0 Å². The Hall–Kier alpha value is -2.63. The third kappa shape index (κ3) is 3.57. The van der Waals surface area contributed by atoms with E-state index in [0.717, 1.165) is 16.8 Å². The molecule has 0 saturated carbocycles. The molecule has 1 N–H and O–H groups in total. The van der Waals surface area contributed by atoms with Crippen molar-refractivity contribution < 1.29 is 4.79 Å². The van der Waals surface area contributed by atoms with Gasteiger partial charge in [0.15, 0.2) is 0 Å². The van der Waals surface area contributed by atoms with Gasteiger partial charge in [-0.05, 0) is 37.5 Å². The van der Waals surface area contributed by atoms with E-state index in [1.165, 1.54) is 21.4 Å². The van der Waals surface area contributed by atoms with Crippen LogP contribution in [0.25, 0.3) is 0 Å². The average molecular weight is 340 g/mol. The van der Waals surface area contributed by atoms with Crippen LogP contribution in [0.3, 0.4) is 0 Å². The van der Waals surface area contributed by atoms with E-state index in [1.807, 2.05) is 0 Å². The summed E-state index contributed by atoms with van der Waals surface area (Å²) in [4.78, 5) is 26.0. The van der Waals surface area contributed by atoms with Crippen LogP contribution in [0.4, 0.5) is 4.79 Å². The number of benzene rings is 1. The fourth-order valence-corrected chi connectivity index (χ4v) is 3.43. The van der Waals surface area contributed by atoms with Gasteiger partial charge in [0.1, 0.15) is 0 Å². The zero-order valence-electron chi connectivity index (χ0n) is 15.2. The number of carbonyl (C=O) groups is 1. The summed E-state index contributed by atoms with van der Waals surface area (Å²) in [6, 6.07) is 5.74. The summed E-state index contributed by atoms with van der Waals surface area (Å²) in [6.45, 7) is 7.76. The van der Waals surface area contributed by atoms with Gasteiger partial charge in [-0.25, -0.2) is 9.48 Å². The zero-order chi connectivity index (χ0) is 18.1. The Morgan fingerprint density at radius 2 is 1.88 bits per heavy atom. The zero-order valence-corrected chi connectivity index (χ0v) is 15.2. The molecule has 2 heterocycles. The largest absolute Gasteiger partial charge is 0.334 e. The van der Waals surface area contributed by atoms with Crippen LogP contribution < -0.4 is 10.9 Å². The van der Waals surface area contributed by atoms with Crippen molar-refractivity contribution in [3.63, 3.8) is 0 Å². The summed E-state index contributed by atoms with van der Waals surface area (Å²) in [5.74, 6) is 0. The molecule has 1 aromatic heterocycles. The maximum atomic E-state index is 12.5. The Morgan fingerprint density at radius 1 is 1.20 bits per heavy atom. The highest BCUT2D eigenvalue weighted by Crippen LogP contribution is 2.17. The Balaban J connectivity index is 1.69. The summed E-state index contributed by atoms with van der Waals surface area (Å²) >= 11 is 0. The Kier molecular flexibility index (Phi) is 4.61. The van der Waals surface area contributed by atoms with E-state index < -0.39 is 0 Å². The van der Waals surface area contributed by atoms with E-state index in [1.54, 1.807) is 18.0 Å². The molecule has 6 nitrogen and oxygen atoms in total. The van der Waals surface area contributed by atoms with E-state index in [4.69, 9.17) is 0 Å². The fourth-order valence-electron chi connectivity index (χ4n) is 3.43. The second-order valence-electron chi connectivity index (χ2n) is 6.79. The molecule has 0 saturated heterocycles. The van der Waals surface area contributed by atoms with Gasteiger partial charge in [0, 0.05) is 44.7 Å². The third-order valence-electron chi connectivity index (χ3n) is 4.78. The number of nitrogens with one attached hydrogen (secondary N) is 1. The molecule has 25 heavy (non-hydrogen) atoms. The Morgan fingerprint density at radius 3 is 2.56 bits per heavy atom. The standard InChI is InChI=1S/C19H24N4O2/c1-12-7-13(2)16(14(3)8-12)10-20-19(25)23-6-5-17-15(11-23)9-18(24)22(4)21-17/h7-9H,5-6,10-11H2,1-4H3,(H,20,25).